The highest BCUT2D eigenvalue weighted by Gasteiger charge is 2.34. The molecule has 0 aliphatic carbocycles. The predicted molar refractivity (Wildman–Crippen MR) is 86.9 cm³/mol. The highest BCUT2D eigenvalue weighted by atomic mass is 79.9. The van der Waals surface area contributed by atoms with E-state index < -0.39 is 0 Å². The van der Waals surface area contributed by atoms with Gasteiger partial charge in [-0.3, -0.25) is 14.5 Å². The van der Waals surface area contributed by atoms with Crippen LogP contribution in [-0.4, -0.2) is 48.5 Å². The molecule has 0 unspecified atom stereocenters. The SMILES string of the molecule is COCCN1C(=O)S/C(=C/c2cc(Br)c(O)c(OC)c2)C1=O. The molecule has 0 saturated carbocycles. The van der Waals surface area contributed by atoms with Crippen LogP contribution in [0.3, 0.4) is 0 Å². The minimum Gasteiger partial charge on any atom is -0.503 e. The molecule has 1 aliphatic rings. The van der Waals surface area contributed by atoms with Gasteiger partial charge in [-0.2, -0.15) is 0 Å². The Hall–Kier alpha value is -1.51. The normalized spacial score (nSPS) is 16.7. The molecule has 1 aromatic carbocycles. The van der Waals surface area contributed by atoms with Gasteiger partial charge in [-0.15, -0.1) is 0 Å². The van der Waals surface area contributed by atoms with Crippen LogP contribution in [-0.2, 0) is 9.53 Å². The van der Waals surface area contributed by atoms with E-state index in [2.05, 4.69) is 15.9 Å². The Morgan fingerprint density at radius 3 is 2.73 bits per heavy atom. The lowest BCUT2D eigenvalue weighted by Crippen LogP contribution is -2.31. The van der Waals surface area contributed by atoms with Gasteiger partial charge in [-0.05, 0) is 51.5 Å². The third-order valence-corrected chi connectivity index (χ3v) is 4.47. The molecule has 1 fully saturated rings. The van der Waals surface area contributed by atoms with Gasteiger partial charge in [-0.25, -0.2) is 0 Å². The van der Waals surface area contributed by atoms with E-state index in [0.717, 1.165) is 16.7 Å². The van der Waals surface area contributed by atoms with E-state index in [4.69, 9.17) is 9.47 Å². The Labute approximate surface area is 140 Å². The molecular formula is C14H14BrNO5S. The molecule has 0 aromatic heterocycles. The molecule has 1 heterocycles. The summed E-state index contributed by atoms with van der Waals surface area (Å²) < 4.78 is 10.4. The van der Waals surface area contributed by atoms with Crippen LogP contribution < -0.4 is 4.74 Å². The van der Waals surface area contributed by atoms with Gasteiger partial charge in [0, 0.05) is 7.11 Å². The number of phenolic OH excluding ortho intramolecular Hbond substituents is 1. The summed E-state index contributed by atoms with van der Waals surface area (Å²) in [6.07, 6.45) is 1.59. The van der Waals surface area contributed by atoms with Crippen molar-refractivity contribution in [2.24, 2.45) is 0 Å². The average Bonchev–Trinajstić information content (AvgIpc) is 2.75. The fraction of sp³-hybridized carbons (Fsp3) is 0.286. The summed E-state index contributed by atoms with van der Waals surface area (Å²) in [7, 11) is 2.94. The van der Waals surface area contributed by atoms with Crippen molar-refractivity contribution in [2.75, 3.05) is 27.4 Å². The minimum absolute atomic E-state index is 0.0205. The molecule has 0 spiro atoms. The summed E-state index contributed by atoms with van der Waals surface area (Å²) in [5.74, 6) is -0.0951. The molecule has 0 radical (unpaired) electrons. The van der Waals surface area contributed by atoms with E-state index in [0.29, 0.717) is 21.5 Å². The Morgan fingerprint density at radius 1 is 1.36 bits per heavy atom. The van der Waals surface area contributed by atoms with Crippen LogP contribution in [0.4, 0.5) is 4.79 Å². The van der Waals surface area contributed by atoms with Crippen molar-refractivity contribution < 1.29 is 24.2 Å². The smallest absolute Gasteiger partial charge is 0.293 e. The summed E-state index contributed by atoms with van der Waals surface area (Å²) in [5.41, 5.74) is 0.638. The highest BCUT2D eigenvalue weighted by Crippen LogP contribution is 2.38. The van der Waals surface area contributed by atoms with Gasteiger partial charge in [0.05, 0.1) is 29.6 Å². The lowest BCUT2D eigenvalue weighted by atomic mass is 10.2. The summed E-state index contributed by atoms with van der Waals surface area (Å²) >= 11 is 4.09. The molecular weight excluding hydrogens is 374 g/mol. The monoisotopic (exact) mass is 387 g/mol. The largest absolute Gasteiger partial charge is 0.503 e. The molecule has 1 aliphatic heterocycles. The quantitative estimate of drug-likeness (QED) is 0.782. The molecule has 22 heavy (non-hydrogen) atoms. The van der Waals surface area contributed by atoms with Crippen molar-refractivity contribution in [1.82, 2.24) is 4.90 Å². The number of methoxy groups -OCH3 is 2. The number of hydrogen-bond donors (Lipinski definition) is 1. The number of rotatable bonds is 5. The zero-order valence-electron chi connectivity index (χ0n) is 12.0. The van der Waals surface area contributed by atoms with E-state index in [1.807, 2.05) is 0 Å². The van der Waals surface area contributed by atoms with Gasteiger partial charge in [0.1, 0.15) is 0 Å². The van der Waals surface area contributed by atoms with Crippen molar-refractivity contribution in [1.29, 1.82) is 0 Å². The van der Waals surface area contributed by atoms with Crippen LogP contribution in [0.5, 0.6) is 11.5 Å². The summed E-state index contributed by atoms with van der Waals surface area (Å²) in [6, 6.07) is 3.23. The predicted octanol–water partition coefficient (Wildman–Crippen LogP) is 2.85. The number of hydrogen-bond acceptors (Lipinski definition) is 6. The molecule has 0 atom stereocenters. The number of benzene rings is 1. The van der Waals surface area contributed by atoms with Crippen molar-refractivity contribution in [3.63, 3.8) is 0 Å². The second-order valence-corrected chi connectivity index (χ2v) is 6.23. The maximum atomic E-state index is 12.2. The van der Waals surface area contributed by atoms with E-state index in [-0.39, 0.29) is 29.2 Å². The van der Waals surface area contributed by atoms with Crippen LogP contribution in [0.1, 0.15) is 5.56 Å². The molecule has 2 amide bonds. The van der Waals surface area contributed by atoms with Crippen LogP contribution in [0, 0.1) is 0 Å². The first-order valence-corrected chi connectivity index (χ1v) is 7.89. The highest BCUT2D eigenvalue weighted by molar-refractivity contribution is 9.10. The minimum atomic E-state index is -0.352. The first-order valence-electron chi connectivity index (χ1n) is 6.28. The molecule has 2 rings (SSSR count). The number of nitrogens with zero attached hydrogens (tertiary/aromatic N) is 1. The summed E-state index contributed by atoms with van der Waals surface area (Å²) in [4.78, 5) is 25.5. The standard InChI is InChI=1S/C14H14BrNO5S/c1-20-4-3-16-13(18)11(22-14(16)19)7-8-5-9(15)12(17)10(6-8)21-2/h5-7,17H,3-4H2,1-2H3/b11-7+. The molecule has 1 N–H and O–H groups in total. The molecule has 118 valence electrons. The Bertz CT molecular complexity index is 646. The lowest BCUT2D eigenvalue weighted by Gasteiger charge is -2.10. The Kier molecular flexibility index (Phi) is 5.49. The van der Waals surface area contributed by atoms with Crippen molar-refractivity contribution in [2.45, 2.75) is 0 Å². The average molecular weight is 388 g/mol. The number of amides is 2. The third kappa shape index (κ3) is 3.45. The van der Waals surface area contributed by atoms with Gasteiger partial charge in [0.15, 0.2) is 11.5 Å². The van der Waals surface area contributed by atoms with Crippen LogP contribution in [0.25, 0.3) is 6.08 Å². The van der Waals surface area contributed by atoms with Gasteiger partial charge in [0.25, 0.3) is 11.1 Å². The number of phenols is 1. The number of ether oxygens (including phenoxy) is 2. The Balaban J connectivity index is 2.29. The molecule has 8 heteroatoms. The van der Waals surface area contributed by atoms with Crippen LogP contribution in [0.2, 0.25) is 0 Å². The fourth-order valence-electron chi connectivity index (χ4n) is 1.86. The van der Waals surface area contributed by atoms with E-state index in [1.165, 1.54) is 14.2 Å². The number of carbonyl (C=O) groups excluding carboxylic acids is 2. The summed E-state index contributed by atoms with van der Waals surface area (Å²) in [5, 5.41) is 9.45. The molecule has 1 saturated heterocycles. The number of halogens is 1. The fourth-order valence-corrected chi connectivity index (χ4v) is 3.18. The van der Waals surface area contributed by atoms with Crippen molar-refractivity contribution in [3.05, 3.63) is 27.1 Å². The first kappa shape index (κ1) is 16.9. The van der Waals surface area contributed by atoms with Crippen molar-refractivity contribution >= 4 is 44.9 Å². The molecule has 0 bridgehead atoms. The molecule has 6 nitrogen and oxygen atoms in total. The van der Waals surface area contributed by atoms with E-state index in [1.54, 1.807) is 18.2 Å². The first-order chi connectivity index (χ1) is 10.5. The topological polar surface area (TPSA) is 76.1 Å². The van der Waals surface area contributed by atoms with Crippen LogP contribution >= 0.6 is 27.7 Å². The Morgan fingerprint density at radius 2 is 2.09 bits per heavy atom. The second-order valence-electron chi connectivity index (χ2n) is 4.38. The van der Waals surface area contributed by atoms with Crippen molar-refractivity contribution in [3.8, 4) is 11.5 Å². The van der Waals surface area contributed by atoms with E-state index >= 15 is 0 Å². The van der Waals surface area contributed by atoms with E-state index in [9.17, 15) is 14.7 Å². The summed E-state index contributed by atoms with van der Waals surface area (Å²) in [6.45, 7) is 0.519. The number of thioether (sulfide) groups is 1. The maximum Gasteiger partial charge on any atom is 0.293 e. The third-order valence-electron chi connectivity index (χ3n) is 2.96. The van der Waals surface area contributed by atoms with Crippen LogP contribution in [0.15, 0.2) is 21.5 Å². The zero-order chi connectivity index (χ0) is 16.3. The lowest BCUT2D eigenvalue weighted by molar-refractivity contribution is -0.123. The number of aromatic hydroxyl groups is 1. The maximum absolute atomic E-state index is 12.2. The van der Waals surface area contributed by atoms with Gasteiger partial charge >= 0.3 is 0 Å². The zero-order valence-corrected chi connectivity index (χ0v) is 14.4. The second kappa shape index (κ2) is 7.17. The number of carbonyl (C=O) groups is 2. The van der Waals surface area contributed by atoms with Gasteiger partial charge in [-0.1, -0.05) is 0 Å². The van der Waals surface area contributed by atoms with Gasteiger partial charge < -0.3 is 14.6 Å². The van der Waals surface area contributed by atoms with Gasteiger partial charge in [0.2, 0.25) is 0 Å². The number of imide groups is 1. The molecule has 1 aromatic rings.